The third kappa shape index (κ3) is 5.07. The predicted octanol–water partition coefficient (Wildman–Crippen LogP) is 5.48. The number of amides is 1. The number of nitrogens with zero attached hydrogens (tertiary/aromatic N) is 1. The minimum Gasteiger partial charge on any atom is -0.322 e. The van der Waals surface area contributed by atoms with Crippen molar-refractivity contribution in [3.63, 3.8) is 0 Å². The summed E-state index contributed by atoms with van der Waals surface area (Å²) in [6.45, 7) is 0. The second-order valence-corrected chi connectivity index (χ2v) is 9.15. The number of aromatic nitrogens is 1. The first kappa shape index (κ1) is 22.4. The normalized spacial score (nSPS) is 11.2. The Morgan fingerprint density at radius 3 is 2.43 bits per heavy atom. The molecule has 2 N–H and O–H groups in total. The van der Waals surface area contributed by atoms with Crippen LogP contribution in [0.3, 0.4) is 0 Å². The van der Waals surface area contributed by atoms with Crippen LogP contribution in [-0.2, 0) is 10.0 Å². The van der Waals surface area contributed by atoms with Crippen LogP contribution in [0.2, 0.25) is 10.2 Å². The lowest BCUT2D eigenvalue weighted by molar-refractivity contribution is 0.102. The molecule has 1 aromatic heterocycles. The molecule has 0 aliphatic rings. The van der Waals surface area contributed by atoms with Gasteiger partial charge in [-0.15, -0.1) is 0 Å². The van der Waals surface area contributed by atoms with Crippen LogP contribution in [0.1, 0.15) is 10.4 Å². The van der Waals surface area contributed by atoms with Crippen molar-refractivity contribution in [3.05, 3.63) is 80.5 Å². The molecule has 2 aromatic carbocycles. The lowest BCUT2D eigenvalue weighted by Crippen LogP contribution is -2.19. The van der Waals surface area contributed by atoms with Crippen LogP contribution in [0.15, 0.2) is 58.0 Å². The summed E-state index contributed by atoms with van der Waals surface area (Å²) in [5, 5.41) is 2.59. The van der Waals surface area contributed by atoms with Crippen LogP contribution in [0.25, 0.3) is 0 Å². The average molecular weight is 537 g/mol. The van der Waals surface area contributed by atoms with Crippen molar-refractivity contribution in [2.24, 2.45) is 0 Å². The van der Waals surface area contributed by atoms with Crippen molar-refractivity contribution in [2.75, 3.05) is 10.0 Å². The molecule has 156 valence electrons. The van der Waals surface area contributed by atoms with E-state index in [0.717, 1.165) is 24.4 Å². The highest BCUT2D eigenvalue weighted by Crippen LogP contribution is 2.27. The molecule has 1 heterocycles. The molecule has 0 saturated carbocycles. The Bertz CT molecular complexity index is 1260. The van der Waals surface area contributed by atoms with E-state index in [1.807, 2.05) is 0 Å². The minimum atomic E-state index is -4.14. The zero-order chi connectivity index (χ0) is 22.1. The molecule has 30 heavy (non-hydrogen) atoms. The van der Waals surface area contributed by atoms with Gasteiger partial charge in [-0.05, 0) is 52.3 Å². The van der Waals surface area contributed by atoms with Crippen LogP contribution in [0.4, 0.5) is 20.2 Å². The number of rotatable bonds is 5. The van der Waals surface area contributed by atoms with Gasteiger partial charge in [0.2, 0.25) is 0 Å². The smallest absolute Gasteiger partial charge is 0.263 e. The van der Waals surface area contributed by atoms with Gasteiger partial charge in [0, 0.05) is 23.0 Å². The number of anilines is 2. The number of benzene rings is 2. The van der Waals surface area contributed by atoms with Crippen molar-refractivity contribution in [1.29, 1.82) is 0 Å². The Labute approximate surface area is 188 Å². The van der Waals surface area contributed by atoms with Crippen molar-refractivity contribution in [3.8, 4) is 0 Å². The zero-order valence-corrected chi connectivity index (χ0v) is 18.5. The second-order valence-electron chi connectivity index (χ2n) is 5.82. The molecule has 0 unspecified atom stereocenters. The fourth-order valence-electron chi connectivity index (χ4n) is 2.32. The molecule has 6 nitrogen and oxygen atoms in total. The number of nitrogens with one attached hydrogen (secondary N) is 2. The first-order valence-corrected chi connectivity index (χ1v) is 11.0. The van der Waals surface area contributed by atoms with Gasteiger partial charge >= 0.3 is 0 Å². The largest absolute Gasteiger partial charge is 0.322 e. The van der Waals surface area contributed by atoms with Gasteiger partial charge < -0.3 is 5.32 Å². The molecule has 0 radical (unpaired) electrons. The third-order valence-corrected chi connectivity index (χ3v) is 6.43. The van der Waals surface area contributed by atoms with Gasteiger partial charge in [0.15, 0.2) is 11.6 Å². The van der Waals surface area contributed by atoms with Gasteiger partial charge in [-0.25, -0.2) is 22.2 Å². The minimum absolute atomic E-state index is 0.0292. The van der Waals surface area contributed by atoms with Gasteiger partial charge in [-0.2, -0.15) is 0 Å². The van der Waals surface area contributed by atoms with E-state index >= 15 is 0 Å². The van der Waals surface area contributed by atoms with Crippen LogP contribution >= 0.6 is 39.1 Å². The molecule has 0 spiro atoms. The standard InChI is InChI=1S/C18H10BrCl2F2N3O3S/c19-13-7-11(8-24-17(13)21)30(28,29)26-16-4-1-9(20)5-12(16)18(27)25-10-2-3-14(22)15(23)6-10/h1-8,26H,(H,25,27). The third-order valence-electron chi connectivity index (χ3n) is 3.73. The van der Waals surface area contributed by atoms with Crippen LogP contribution < -0.4 is 10.0 Å². The van der Waals surface area contributed by atoms with Gasteiger partial charge in [0.05, 0.1) is 15.7 Å². The fraction of sp³-hybridized carbons (Fsp3) is 0. The Morgan fingerprint density at radius 1 is 1.03 bits per heavy atom. The summed E-state index contributed by atoms with van der Waals surface area (Å²) in [7, 11) is -4.14. The number of hydrogen-bond donors (Lipinski definition) is 2. The Balaban J connectivity index is 1.93. The molecule has 12 heteroatoms. The van der Waals surface area contributed by atoms with Gasteiger partial charge in [0.25, 0.3) is 15.9 Å². The number of halogens is 5. The molecular weight excluding hydrogens is 527 g/mol. The topological polar surface area (TPSA) is 88.2 Å². The first-order valence-electron chi connectivity index (χ1n) is 7.96. The van der Waals surface area contributed by atoms with E-state index in [0.29, 0.717) is 0 Å². The molecule has 0 aliphatic carbocycles. The predicted molar refractivity (Wildman–Crippen MR) is 114 cm³/mol. The number of pyridine rings is 1. The van der Waals surface area contributed by atoms with Crippen LogP contribution in [-0.4, -0.2) is 19.3 Å². The maximum atomic E-state index is 13.4. The quantitative estimate of drug-likeness (QED) is 0.422. The Morgan fingerprint density at radius 2 is 1.77 bits per heavy atom. The summed E-state index contributed by atoms with van der Waals surface area (Å²) in [5.41, 5.74) is -0.263. The maximum Gasteiger partial charge on any atom is 0.263 e. The molecule has 1 amide bonds. The number of carbonyl (C=O) groups excluding carboxylic acids is 1. The molecular formula is C18H10BrCl2F2N3O3S. The summed E-state index contributed by atoms with van der Waals surface area (Å²) in [4.78, 5) is 16.2. The summed E-state index contributed by atoms with van der Waals surface area (Å²) >= 11 is 14.8. The monoisotopic (exact) mass is 535 g/mol. The summed E-state index contributed by atoms with van der Waals surface area (Å²) in [6.07, 6.45) is 1.05. The van der Waals surface area contributed by atoms with Crippen molar-refractivity contribution in [2.45, 2.75) is 4.90 Å². The molecule has 0 aliphatic heterocycles. The summed E-state index contributed by atoms with van der Waals surface area (Å²) in [5.74, 6) is -3.02. The van der Waals surface area contributed by atoms with E-state index in [9.17, 15) is 22.0 Å². The SMILES string of the molecule is O=C(Nc1ccc(F)c(F)c1)c1cc(Cl)ccc1NS(=O)(=O)c1cnc(Cl)c(Br)c1. The second kappa shape index (κ2) is 8.84. The zero-order valence-electron chi connectivity index (χ0n) is 14.6. The lowest BCUT2D eigenvalue weighted by atomic mass is 10.1. The van der Waals surface area contributed by atoms with E-state index in [2.05, 4.69) is 31.0 Å². The van der Waals surface area contributed by atoms with Gasteiger partial charge in [-0.3, -0.25) is 9.52 Å². The molecule has 3 aromatic rings. The summed E-state index contributed by atoms with van der Waals surface area (Å²) < 4.78 is 54.4. The molecule has 3 rings (SSSR count). The fourth-order valence-corrected chi connectivity index (χ4v) is 4.15. The molecule has 0 bridgehead atoms. The highest BCUT2D eigenvalue weighted by molar-refractivity contribution is 9.10. The number of sulfonamides is 1. The van der Waals surface area contributed by atoms with Crippen molar-refractivity contribution in [1.82, 2.24) is 4.98 Å². The van der Waals surface area contributed by atoms with Crippen LogP contribution in [0.5, 0.6) is 0 Å². The number of carbonyl (C=O) groups is 1. The first-order chi connectivity index (χ1) is 14.1. The average Bonchev–Trinajstić information content (AvgIpc) is 2.68. The van der Waals surface area contributed by atoms with Crippen molar-refractivity contribution < 1.29 is 22.0 Å². The van der Waals surface area contributed by atoms with Gasteiger partial charge in [0.1, 0.15) is 10.0 Å². The van der Waals surface area contributed by atoms with E-state index < -0.39 is 27.6 Å². The Hall–Kier alpha value is -2.27. The molecule has 0 saturated heterocycles. The highest BCUT2D eigenvalue weighted by Gasteiger charge is 2.21. The maximum absolute atomic E-state index is 13.4. The Kier molecular flexibility index (Phi) is 6.61. The van der Waals surface area contributed by atoms with Crippen molar-refractivity contribution >= 4 is 66.4 Å². The van der Waals surface area contributed by atoms with E-state index in [-0.39, 0.29) is 36.5 Å². The molecule has 0 fully saturated rings. The summed E-state index contributed by atoms with van der Waals surface area (Å²) in [6, 6.07) is 7.93. The van der Waals surface area contributed by atoms with E-state index in [4.69, 9.17) is 23.2 Å². The highest BCUT2D eigenvalue weighted by atomic mass is 79.9. The lowest BCUT2D eigenvalue weighted by Gasteiger charge is -2.14. The number of hydrogen-bond acceptors (Lipinski definition) is 4. The van der Waals surface area contributed by atoms with E-state index in [1.54, 1.807) is 0 Å². The van der Waals surface area contributed by atoms with Crippen LogP contribution in [0, 0.1) is 11.6 Å². The van der Waals surface area contributed by atoms with E-state index in [1.165, 1.54) is 24.3 Å². The van der Waals surface area contributed by atoms with Gasteiger partial charge in [-0.1, -0.05) is 23.2 Å². The molecule has 0 atom stereocenters.